The van der Waals surface area contributed by atoms with Gasteiger partial charge in [-0.1, -0.05) is 30.9 Å². The second-order valence-electron chi connectivity index (χ2n) is 5.36. The van der Waals surface area contributed by atoms with Crippen LogP contribution in [0.3, 0.4) is 0 Å². The Morgan fingerprint density at radius 3 is 2.33 bits per heavy atom. The molecule has 18 heavy (non-hydrogen) atoms. The lowest BCUT2D eigenvalue weighted by atomic mass is 9.62. The van der Waals surface area contributed by atoms with Crippen molar-refractivity contribution in [3.63, 3.8) is 0 Å². The molecule has 1 aliphatic rings. The summed E-state index contributed by atoms with van der Waals surface area (Å²) in [6, 6.07) is 0. The third-order valence-electron chi connectivity index (χ3n) is 4.15. The lowest BCUT2D eigenvalue weighted by Crippen LogP contribution is -2.54. The maximum atomic E-state index is 11.5. The molecule has 0 N–H and O–H groups in total. The maximum absolute atomic E-state index is 11.5. The van der Waals surface area contributed by atoms with Crippen molar-refractivity contribution in [3.8, 4) is 0 Å². The summed E-state index contributed by atoms with van der Waals surface area (Å²) in [4.78, 5) is 22.8. The van der Waals surface area contributed by atoms with Gasteiger partial charge in [0.15, 0.2) is 0 Å². The number of carboxylic acids is 2. The first-order valence-electron chi connectivity index (χ1n) is 6.42. The number of hydrogen-bond acceptors (Lipinski definition) is 4. The highest BCUT2D eigenvalue weighted by Crippen LogP contribution is 2.46. The Morgan fingerprint density at radius 1 is 1.28 bits per heavy atom. The van der Waals surface area contributed by atoms with Crippen molar-refractivity contribution in [3.05, 3.63) is 11.1 Å². The van der Waals surface area contributed by atoms with Crippen LogP contribution in [0.1, 0.15) is 52.9 Å². The molecular formula is C14H20O4-2. The molecule has 0 heterocycles. The van der Waals surface area contributed by atoms with Gasteiger partial charge in [0, 0.05) is 23.3 Å². The lowest BCUT2D eigenvalue weighted by molar-refractivity contribution is -0.336. The molecule has 1 aliphatic carbocycles. The average molecular weight is 252 g/mol. The van der Waals surface area contributed by atoms with Crippen LogP contribution < -0.4 is 10.2 Å². The molecule has 0 aliphatic heterocycles. The van der Waals surface area contributed by atoms with Gasteiger partial charge in [0.1, 0.15) is 0 Å². The van der Waals surface area contributed by atoms with E-state index in [0.717, 1.165) is 17.6 Å². The minimum absolute atomic E-state index is 0.256. The quantitative estimate of drug-likeness (QED) is 0.664. The molecule has 0 aromatic rings. The van der Waals surface area contributed by atoms with Crippen molar-refractivity contribution in [1.29, 1.82) is 0 Å². The van der Waals surface area contributed by atoms with Gasteiger partial charge in [-0.25, -0.2) is 0 Å². The summed E-state index contributed by atoms with van der Waals surface area (Å²) in [7, 11) is 0. The number of rotatable bonds is 5. The lowest BCUT2D eigenvalue weighted by Gasteiger charge is -2.46. The SMILES string of the molecule is CCCC[C@@]1(C(=O)[O-])CC(C)=C(C)C[C@H]1C(=O)[O-]. The molecule has 0 aromatic carbocycles. The summed E-state index contributed by atoms with van der Waals surface area (Å²) < 4.78 is 0. The van der Waals surface area contributed by atoms with Gasteiger partial charge in [0.25, 0.3) is 0 Å². The van der Waals surface area contributed by atoms with Crippen LogP contribution in [0, 0.1) is 11.3 Å². The molecule has 0 radical (unpaired) electrons. The van der Waals surface area contributed by atoms with Crippen LogP contribution in [-0.4, -0.2) is 11.9 Å². The highest BCUT2D eigenvalue weighted by molar-refractivity contribution is 5.82. The Bertz CT molecular complexity index is 383. The Hall–Kier alpha value is -1.32. The fourth-order valence-electron chi connectivity index (χ4n) is 2.80. The molecule has 4 nitrogen and oxygen atoms in total. The van der Waals surface area contributed by atoms with Gasteiger partial charge in [-0.2, -0.15) is 0 Å². The van der Waals surface area contributed by atoms with Crippen molar-refractivity contribution >= 4 is 11.9 Å². The van der Waals surface area contributed by atoms with E-state index in [0.29, 0.717) is 12.8 Å². The predicted octanol–water partition coefficient (Wildman–Crippen LogP) is 0.409. The second-order valence-corrected chi connectivity index (χ2v) is 5.36. The van der Waals surface area contributed by atoms with E-state index in [1.54, 1.807) is 0 Å². The second kappa shape index (κ2) is 5.55. The molecule has 0 fully saturated rings. The number of carbonyl (C=O) groups excluding carboxylic acids is 2. The third kappa shape index (κ3) is 2.57. The molecule has 0 unspecified atom stereocenters. The number of hydrogen-bond donors (Lipinski definition) is 0. The standard InChI is InChI=1S/C14H22O4/c1-4-5-6-14(13(17)18)8-10(3)9(2)7-11(14)12(15)16/h11H,4-8H2,1-3H3,(H,15,16)(H,17,18)/p-2/t11-,14+/m0/s1. The Labute approximate surface area is 108 Å². The van der Waals surface area contributed by atoms with E-state index in [1.165, 1.54) is 0 Å². The van der Waals surface area contributed by atoms with E-state index in [9.17, 15) is 19.8 Å². The fourth-order valence-corrected chi connectivity index (χ4v) is 2.80. The van der Waals surface area contributed by atoms with Crippen molar-refractivity contribution in [2.45, 2.75) is 52.9 Å². The van der Waals surface area contributed by atoms with Crippen molar-refractivity contribution < 1.29 is 19.8 Å². The zero-order valence-electron chi connectivity index (χ0n) is 11.2. The highest BCUT2D eigenvalue weighted by Gasteiger charge is 2.43. The van der Waals surface area contributed by atoms with Gasteiger partial charge >= 0.3 is 0 Å². The largest absolute Gasteiger partial charge is 0.550 e. The molecule has 2 atom stereocenters. The van der Waals surface area contributed by atoms with E-state index in [1.807, 2.05) is 20.8 Å². The molecule has 0 amide bonds. The van der Waals surface area contributed by atoms with Crippen LogP contribution in [-0.2, 0) is 9.59 Å². The van der Waals surface area contributed by atoms with Gasteiger partial charge < -0.3 is 19.8 Å². The van der Waals surface area contributed by atoms with E-state index in [-0.39, 0.29) is 12.8 Å². The molecule has 4 heteroatoms. The van der Waals surface area contributed by atoms with Gasteiger partial charge in [0.05, 0.1) is 0 Å². The first-order valence-corrected chi connectivity index (χ1v) is 6.42. The molecule has 0 bridgehead atoms. The molecule has 0 spiro atoms. The molecule has 0 aromatic heterocycles. The minimum Gasteiger partial charge on any atom is -0.550 e. The third-order valence-corrected chi connectivity index (χ3v) is 4.15. The highest BCUT2D eigenvalue weighted by atomic mass is 16.4. The summed E-state index contributed by atoms with van der Waals surface area (Å²) in [6.45, 7) is 5.67. The summed E-state index contributed by atoms with van der Waals surface area (Å²) in [5.41, 5.74) is 0.628. The summed E-state index contributed by atoms with van der Waals surface area (Å²) in [5, 5.41) is 22.8. The van der Waals surface area contributed by atoms with Crippen molar-refractivity contribution in [2.24, 2.45) is 11.3 Å². The molecule has 102 valence electrons. The zero-order chi connectivity index (χ0) is 13.9. The van der Waals surface area contributed by atoms with Crippen LogP contribution in [0.5, 0.6) is 0 Å². The Kier molecular flexibility index (Phi) is 4.54. The monoisotopic (exact) mass is 252 g/mol. The van der Waals surface area contributed by atoms with Crippen molar-refractivity contribution in [1.82, 2.24) is 0 Å². The van der Waals surface area contributed by atoms with E-state index in [2.05, 4.69) is 0 Å². The normalized spacial score (nSPS) is 28.3. The van der Waals surface area contributed by atoms with Gasteiger partial charge in [-0.05, 0) is 33.1 Å². The Morgan fingerprint density at radius 2 is 1.89 bits per heavy atom. The predicted molar refractivity (Wildman–Crippen MR) is 63.1 cm³/mol. The van der Waals surface area contributed by atoms with E-state index in [4.69, 9.17) is 0 Å². The van der Waals surface area contributed by atoms with Crippen LogP contribution in [0.4, 0.5) is 0 Å². The average Bonchev–Trinajstić information content (AvgIpc) is 2.29. The first kappa shape index (κ1) is 14.7. The first-order chi connectivity index (χ1) is 8.35. The number of unbranched alkanes of at least 4 members (excludes halogenated alkanes) is 1. The smallest absolute Gasteiger partial charge is 0.0486 e. The fraction of sp³-hybridized carbons (Fsp3) is 0.714. The number of aliphatic carboxylic acids is 2. The Balaban J connectivity index is 3.18. The minimum atomic E-state index is -1.29. The topological polar surface area (TPSA) is 80.3 Å². The van der Waals surface area contributed by atoms with E-state index < -0.39 is 23.3 Å². The van der Waals surface area contributed by atoms with Crippen LogP contribution in [0.25, 0.3) is 0 Å². The van der Waals surface area contributed by atoms with Crippen LogP contribution >= 0.6 is 0 Å². The number of allylic oxidation sites excluding steroid dienone is 2. The van der Waals surface area contributed by atoms with Crippen molar-refractivity contribution in [2.75, 3.05) is 0 Å². The maximum Gasteiger partial charge on any atom is 0.0486 e. The molecule has 0 saturated heterocycles. The van der Waals surface area contributed by atoms with Gasteiger partial charge in [-0.15, -0.1) is 0 Å². The molecule has 1 rings (SSSR count). The summed E-state index contributed by atoms with van der Waals surface area (Å²) in [5.74, 6) is -3.50. The van der Waals surface area contributed by atoms with Gasteiger partial charge in [-0.3, -0.25) is 0 Å². The molecule has 0 saturated carbocycles. The molecular weight excluding hydrogens is 232 g/mol. The number of carboxylic acid groups (broad SMARTS) is 2. The van der Waals surface area contributed by atoms with Crippen LogP contribution in [0.2, 0.25) is 0 Å². The summed E-state index contributed by atoms with van der Waals surface area (Å²) >= 11 is 0. The van der Waals surface area contributed by atoms with Gasteiger partial charge in [0.2, 0.25) is 0 Å². The summed E-state index contributed by atoms with van der Waals surface area (Å²) in [6.07, 6.45) is 2.38. The number of carbonyl (C=O) groups is 2. The van der Waals surface area contributed by atoms with Crippen LogP contribution in [0.15, 0.2) is 11.1 Å². The zero-order valence-corrected chi connectivity index (χ0v) is 11.2. The van der Waals surface area contributed by atoms with E-state index >= 15 is 0 Å².